The predicted molar refractivity (Wildman–Crippen MR) is 108 cm³/mol. The number of oxazole rings is 1. The number of amides is 1. The molecule has 3 aromatic rings. The molecule has 0 atom stereocenters. The molecule has 1 N–H and O–H groups in total. The lowest BCUT2D eigenvalue weighted by Gasteiger charge is -2.30. The number of aliphatic imine (C=N–C) groups is 1. The molecule has 0 spiro atoms. The third kappa shape index (κ3) is 3.58. The van der Waals surface area contributed by atoms with E-state index in [2.05, 4.69) is 15.3 Å². The van der Waals surface area contributed by atoms with Crippen LogP contribution in [0.2, 0.25) is 0 Å². The molecule has 0 radical (unpaired) electrons. The molecule has 7 nitrogen and oxygen atoms in total. The zero-order valence-corrected chi connectivity index (χ0v) is 15.9. The minimum Gasteiger partial charge on any atom is -0.486 e. The molecule has 2 aliphatic rings. The van der Waals surface area contributed by atoms with Gasteiger partial charge >= 0.3 is 0 Å². The molecule has 1 aromatic heterocycles. The monoisotopic (exact) mass is 412 g/mol. The molecule has 2 aliphatic heterocycles. The van der Waals surface area contributed by atoms with Gasteiger partial charge in [-0.3, -0.25) is 9.79 Å². The molecule has 0 saturated carbocycles. The first-order chi connectivity index (χ1) is 14.5. The van der Waals surface area contributed by atoms with Crippen molar-refractivity contribution in [3.8, 4) is 5.75 Å². The Bertz CT molecular complexity index is 1150. The van der Waals surface area contributed by atoms with Crippen LogP contribution in [0.4, 0.5) is 26.2 Å². The zero-order valence-electron chi connectivity index (χ0n) is 15.9. The Morgan fingerprint density at radius 1 is 1.13 bits per heavy atom. The average molecular weight is 412 g/mol. The van der Waals surface area contributed by atoms with E-state index in [-0.39, 0.29) is 31.8 Å². The molecule has 5 rings (SSSR count). The van der Waals surface area contributed by atoms with Crippen molar-refractivity contribution >= 4 is 40.6 Å². The number of benzene rings is 2. The SMILES string of the molecule is O=C(Nc1ccc2oc(N3CCC(F)(F)CC3)nc2c1)c1ccc2c(c1)N=CCO2. The van der Waals surface area contributed by atoms with E-state index in [0.29, 0.717) is 46.4 Å². The lowest BCUT2D eigenvalue weighted by Crippen LogP contribution is -2.39. The summed E-state index contributed by atoms with van der Waals surface area (Å²) in [6.07, 6.45) is 1.20. The number of carbonyl (C=O) groups excluding carboxylic acids is 1. The Morgan fingerprint density at radius 3 is 2.80 bits per heavy atom. The summed E-state index contributed by atoms with van der Waals surface area (Å²) >= 11 is 0. The highest BCUT2D eigenvalue weighted by molar-refractivity contribution is 6.05. The summed E-state index contributed by atoms with van der Waals surface area (Å²) in [7, 11) is 0. The maximum atomic E-state index is 13.4. The Morgan fingerprint density at radius 2 is 1.97 bits per heavy atom. The number of ether oxygens (including phenoxy) is 1. The van der Waals surface area contributed by atoms with E-state index in [9.17, 15) is 13.6 Å². The van der Waals surface area contributed by atoms with Crippen molar-refractivity contribution in [1.29, 1.82) is 0 Å². The molecular formula is C21H18F2N4O3. The Labute approximate surface area is 170 Å². The fourth-order valence-electron chi connectivity index (χ4n) is 3.50. The van der Waals surface area contributed by atoms with Crippen LogP contribution >= 0.6 is 0 Å². The van der Waals surface area contributed by atoms with E-state index < -0.39 is 5.92 Å². The van der Waals surface area contributed by atoms with Gasteiger partial charge in [-0.25, -0.2) is 8.78 Å². The first kappa shape index (κ1) is 18.5. The molecule has 1 fully saturated rings. The number of anilines is 2. The number of hydrogen-bond acceptors (Lipinski definition) is 6. The molecule has 0 bridgehead atoms. The molecular weight excluding hydrogens is 394 g/mol. The third-order valence-corrected chi connectivity index (χ3v) is 5.16. The van der Waals surface area contributed by atoms with Crippen molar-refractivity contribution in [2.75, 3.05) is 29.9 Å². The highest BCUT2D eigenvalue weighted by Gasteiger charge is 2.35. The van der Waals surface area contributed by atoms with E-state index >= 15 is 0 Å². The van der Waals surface area contributed by atoms with E-state index in [0.717, 1.165) is 0 Å². The van der Waals surface area contributed by atoms with Gasteiger partial charge in [0.15, 0.2) is 5.58 Å². The number of halogens is 2. The Balaban J connectivity index is 1.33. The van der Waals surface area contributed by atoms with E-state index in [1.54, 1.807) is 47.5 Å². The summed E-state index contributed by atoms with van der Waals surface area (Å²) in [5.41, 5.74) is 2.68. The van der Waals surface area contributed by atoms with E-state index in [1.165, 1.54) is 0 Å². The van der Waals surface area contributed by atoms with E-state index in [1.807, 2.05) is 0 Å². The number of carbonyl (C=O) groups is 1. The second-order valence-corrected chi connectivity index (χ2v) is 7.28. The maximum absolute atomic E-state index is 13.4. The number of rotatable bonds is 3. The lowest BCUT2D eigenvalue weighted by molar-refractivity contribution is -0.0226. The van der Waals surface area contributed by atoms with Gasteiger partial charge in [0, 0.05) is 43.4 Å². The largest absolute Gasteiger partial charge is 0.486 e. The van der Waals surface area contributed by atoms with Crippen LogP contribution < -0.4 is 15.0 Å². The summed E-state index contributed by atoms with van der Waals surface area (Å²) in [5.74, 6) is -2.28. The first-order valence-corrected chi connectivity index (χ1v) is 9.61. The summed E-state index contributed by atoms with van der Waals surface area (Å²) in [6, 6.07) is 10.5. The van der Waals surface area contributed by atoms with Gasteiger partial charge in [-0.1, -0.05) is 0 Å². The van der Waals surface area contributed by atoms with Crippen LogP contribution in [0.15, 0.2) is 45.8 Å². The number of nitrogens with zero attached hydrogens (tertiary/aromatic N) is 3. The van der Waals surface area contributed by atoms with Gasteiger partial charge in [-0.15, -0.1) is 0 Å². The second-order valence-electron chi connectivity index (χ2n) is 7.28. The smallest absolute Gasteiger partial charge is 0.298 e. The van der Waals surface area contributed by atoms with Crippen LogP contribution in [0.5, 0.6) is 5.75 Å². The fourth-order valence-corrected chi connectivity index (χ4v) is 3.50. The van der Waals surface area contributed by atoms with E-state index in [4.69, 9.17) is 9.15 Å². The van der Waals surface area contributed by atoms with Gasteiger partial charge in [0.05, 0.1) is 0 Å². The lowest BCUT2D eigenvalue weighted by atomic mass is 10.1. The molecule has 1 amide bonds. The van der Waals surface area contributed by atoms with Crippen LogP contribution in [0.3, 0.4) is 0 Å². The van der Waals surface area contributed by atoms with Gasteiger partial charge in [0.1, 0.15) is 23.6 Å². The zero-order chi connectivity index (χ0) is 20.7. The predicted octanol–water partition coefficient (Wildman–Crippen LogP) is 4.41. The normalized spacial score (nSPS) is 17.5. The Kier molecular flexibility index (Phi) is 4.38. The summed E-state index contributed by atoms with van der Waals surface area (Å²) < 4.78 is 37.9. The van der Waals surface area contributed by atoms with Crippen LogP contribution in [0.25, 0.3) is 11.1 Å². The quantitative estimate of drug-likeness (QED) is 0.689. The fraction of sp³-hybridized carbons (Fsp3) is 0.286. The first-order valence-electron chi connectivity index (χ1n) is 9.61. The molecule has 0 aliphatic carbocycles. The number of hydrogen-bond donors (Lipinski definition) is 1. The van der Waals surface area contributed by atoms with Gasteiger partial charge in [-0.2, -0.15) is 4.98 Å². The number of aromatic nitrogens is 1. The molecule has 1 saturated heterocycles. The van der Waals surface area contributed by atoms with Crippen molar-refractivity contribution < 1.29 is 22.7 Å². The van der Waals surface area contributed by atoms with Gasteiger partial charge in [0.25, 0.3) is 17.8 Å². The Hall–Kier alpha value is -3.49. The van der Waals surface area contributed by atoms with Gasteiger partial charge in [0.2, 0.25) is 0 Å². The van der Waals surface area contributed by atoms with Crippen molar-refractivity contribution in [1.82, 2.24) is 4.98 Å². The van der Waals surface area contributed by atoms with Crippen LogP contribution in [0.1, 0.15) is 23.2 Å². The van der Waals surface area contributed by atoms with Gasteiger partial charge in [-0.05, 0) is 36.4 Å². The molecule has 154 valence electrons. The van der Waals surface area contributed by atoms with Crippen molar-refractivity contribution in [3.63, 3.8) is 0 Å². The van der Waals surface area contributed by atoms with Crippen LogP contribution in [0, 0.1) is 0 Å². The maximum Gasteiger partial charge on any atom is 0.298 e. The second kappa shape index (κ2) is 7.08. The minimum absolute atomic E-state index is 0.188. The minimum atomic E-state index is -2.63. The number of fused-ring (bicyclic) bond motifs is 2. The summed E-state index contributed by atoms with van der Waals surface area (Å²) in [5, 5.41) is 2.83. The topological polar surface area (TPSA) is 80.0 Å². The third-order valence-electron chi connectivity index (χ3n) is 5.16. The van der Waals surface area contributed by atoms with Crippen molar-refractivity contribution in [2.24, 2.45) is 4.99 Å². The highest BCUT2D eigenvalue weighted by atomic mass is 19.3. The molecule has 0 unspecified atom stereocenters. The number of piperidine rings is 1. The standard InChI is InChI=1S/C21H18F2N4O3/c22-21(23)5-8-27(9-6-21)20-26-16-12-14(2-4-18(16)30-20)25-19(28)13-1-3-17-15(11-13)24-7-10-29-17/h1-4,7,11-12H,5-6,8-10H2,(H,25,28). The summed E-state index contributed by atoms with van der Waals surface area (Å²) in [4.78, 5) is 23.0. The number of nitrogens with one attached hydrogen (secondary N) is 1. The number of alkyl halides is 2. The molecule has 3 heterocycles. The van der Waals surface area contributed by atoms with Gasteiger partial charge < -0.3 is 19.4 Å². The summed E-state index contributed by atoms with van der Waals surface area (Å²) in [6.45, 7) is 0.792. The van der Waals surface area contributed by atoms with Crippen LogP contribution in [-0.2, 0) is 0 Å². The van der Waals surface area contributed by atoms with Crippen molar-refractivity contribution in [2.45, 2.75) is 18.8 Å². The van der Waals surface area contributed by atoms with Crippen molar-refractivity contribution in [3.05, 3.63) is 42.0 Å². The van der Waals surface area contributed by atoms with Crippen LogP contribution in [-0.4, -0.2) is 42.7 Å². The highest BCUT2D eigenvalue weighted by Crippen LogP contribution is 2.33. The average Bonchev–Trinajstić information content (AvgIpc) is 3.16. The molecule has 30 heavy (non-hydrogen) atoms. The molecule has 2 aromatic carbocycles. The molecule has 9 heteroatoms.